The molecule has 0 spiro atoms. The number of halogens is 1. The van der Waals surface area contributed by atoms with Gasteiger partial charge in [-0.2, -0.15) is 4.98 Å². The van der Waals surface area contributed by atoms with Crippen LogP contribution in [0.2, 0.25) is 5.02 Å². The fourth-order valence-electron chi connectivity index (χ4n) is 3.06. The number of benzene rings is 1. The summed E-state index contributed by atoms with van der Waals surface area (Å²) >= 11 is 6.26. The molecule has 9 nitrogen and oxygen atoms in total. The van der Waals surface area contributed by atoms with E-state index in [4.69, 9.17) is 17.3 Å². The van der Waals surface area contributed by atoms with Gasteiger partial charge in [0.15, 0.2) is 0 Å². The molecule has 2 heterocycles. The normalized spacial score (nSPS) is 14.4. The molecule has 1 aromatic heterocycles. The first-order chi connectivity index (χ1) is 14.7. The number of primary amides is 1. The number of hydrogen-bond donors (Lipinski definition) is 4. The molecule has 1 aliphatic rings. The summed E-state index contributed by atoms with van der Waals surface area (Å²) in [4.78, 5) is 34.5. The van der Waals surface area contributed by atoms with Gasteiger partial charge in [-0.05, 0) is 43.9 Å². The van der Waals surface area contributed by atoms with E-state index in [1.807, 2.05) is 6.92 Å². The zero-order chi connectivity index (χ0) is 22.5. The van der Waals surface area contributed by atoms with Crippen LogP contribution in [-0.4, -0.2) is 45.9 Å². The number of aromatic nitrogens is 2. The Morgan fingerprint density at radius 3 is 2.55 bits per heavy atom. The second-order valence-corrected chi connectivity index (χ2v) is 8.35. The van der Waals surface area contributed by atoms with Crippen molar-refractivity contribution < 1.29 is 9.59 Å². The molecule has 1 unspecified atom stereocenters. The lowest BCUT2D eigenvalue weighted by molar-refractivity contribution is 0.100. The zero-order valence-corrected chi connectivity index (χ0v) is 18.7. The van der Waals surface area contributed by atoms with Gasteiger partial charge in [0.05, 0.1) is 16.3 Å². The minimum atomic E-state index is -0.608. The minimum absolute atomic E-state index is 0.0729. The van der Waals surface area contributed by atoms with E-state index in [0.29, 0.717) is 28.1 Å². The number of anilines is 4. The smallest absolute Gasteiger partial charge is 0.321 e. The topological polar surface area (TPSA) is 125 Å². The second-order valence-electron chi connectivity index (χ2n) is 7.94. The van der Waals surface area contributed by atoms with Crippen LogP contribution < -0.4 is 21.7 Å². The highest BCUT2D eigenvalue weighted by atomic mass is 35.5. The van der Waals surface area contributed by atoms with E-state index in [9.17, 15) is 9.59 Å². The number of likely N-dealkylation sites (tertiary alicyclic amines) is 1. The lowest BCUT2D eigenvalue weighted by Gasteiger charge is -2.20. The van der Waals surface area contributed by atoms with E-state index >= 15 is 0 Å². The predicted molar refractivity (Wildman–Crippen MR) is 123 cm³/mol. The van der Waals surface area contributed by atoms with Crippen molar-refractivity contribution in [2.45, 2.75) is 39.7 Å². The van der Waals surface area contributed by atoms with E-state index in [2.05, 4.69) is 39.8 Å². The van der Waals surface area contributed by atoms with Crippen LogP contribution in [-0.2, 0) is 0 Å². The highest BCUT2D eigenvalue weighted by Gasteiger charge is 2.19. The maximum atomic E-state index is 12.4. The third-order valence-electron chi connectivity index (χ3n) is 5.28. The van der Waals surface area contributed by atoms with Gasteiger partial charge in [-0.1, -0.05) is 25.4 Å². The van der Waals surface area contributed by atoms with E-state index in [0.717, 1.165) is 25.9 Å². The first kappa shape index (κ1) is 22.6. The standard InChI is InChI=1S/C21H28ClN7O2/c1-12(2)13(3)25-19-15(18(23)30)11-24-20(28-19)26-14-6-7-16(22)17(10-14)27-21(31)29-8-4-5-9-29/h6-7,10-13H,4-5,8-9H2,1-3H3,(H2,23,30)(H,27,31)(H2,24,25,26,28). The molecule has 1 aliphatic heterocycles. The second kappa shape index (κ2) is 9.82. The van der Waals surface area contributed by atoms with Crippen molar-refractivity contribution in [1.29, 1.82) is 0 Å². The maximum Gasteiger partial charge on any atom is 0.321 e. The third-order valence-corrected chi connectivity index (χ3v) is 5.61. The summed E-state index contributed by atoms with van der Waals surface area (Å²) in [7, 11) is 0. The van der Waals surface area contributed by atoms with Gasteiger partial charge in [0, 0.05) is 31.0 Å². The first-order valence-electron chi connectivity index (χ1n) is 10.3. The van der Waals surface area contributed by atoms with Gasteiger partial charge in [-0.15, -0.1) is 0 Å². The first-order valence-corrected chi connectivity index (χ1v) is 10.7. The average Bonchev–Trinajstić information content (AvgIpc) is 3.25. The quantitative estimate of drug-likeness (QED) is 0.509. The molecule has 5 N–H and O–H groups in total. The number of urea groups is 1. The van der Waals surface area contributed by atoms with E-state index < -0.39 is 5.91 Å². The van der Waals surface area contributed by atoms with Crippen LogP contribution in [0, 0.1) is 5.92 Å². The molecule has 31 heavy (non-hydrogen) atoms. The molecule has 1 fully saturated rings. The van der Waals surface area contributed by atoms with Crippen molar-refractivity contribution >= 4 is 46.7 Å². The fraction of sp³-hybridized carbons (Fsp3) is 0.429. The van der Waals surface area contributed by atoms with Gasteiger partial charge in [-0.3, -0.25) is 4.79 Å². The van der Waals surface area contributed by atoms with Gasteiger partial charge in [0.25, 0.3) is 5.91 Å². The predicted octanol–water partition coefficient (Wildman–Crippen LogP) is 4.06. The van der Waals surface area contributed by atoms with Gasteiger partial charge in [0.2, 0.25) is 5.95 Å². The van der Waals surface area contributed by atoms with Gasteiger partial charge >= 0.3 is 6.03 Å². The van der Waals surface area contributed by atoms with Gasteiger partial charge in [-0.25, -0.2) is 9.78 Å². The van der Waals surface area contributed by atoms with E-state index in [1.165, 1.54) is 6.20 Å². The fourth-order valence-corrected chi connectivity index (χ4v) is 3.22. The lowest BCUT2D eigenvalue weighted by Crippen LogP contribution is -2.32. The Kier molecular flexibility index (Phi) is 7.17. The summed E-state index contributed by atoms with van der Waals surface area (Å²) in [5.74, 6) is 0.360. The van der Waals surface area contributed by atoms with Crippen LogP contribution in [0.15, 0.2) is 24.4 Å². The van der Waals surface area contributed by atoms with Crippen molar-refractivity contribution in [1.82, 2.24) is 14.9 Å². The molecule has 3 amide bonds. The summed E-state index contributed by atoms with van der Waals surface area (Å²) in [6, 6.07) is 5.05. The van der Waals surface area contributed by atoms with Crippen molar-refractivity contribution in [3.63, 3.8) is 0 Å². The number of nitrogens with one attached hydrogen (secondary N) is 3. The molecule has 2 aromatic rings. The Morgan fingerprint density at radius 1 is 1.19 bits per heavy atom. The molecular formula is C21H28ClN7O2. The molecule has 10 heteroatoms. The number of rotatable bonds is 7. The van der Waals surface area contributed by atoms with Crippen LogP contribution in [0.3, 0.4) is 0 Å². The number of nitrogens with zero attached hydrogens (tertiary/aromatic N) is 3. The monoisotopic (exact) mass is 445 g/mol. The lowest BCUT2D eigenvalue weighted by atomic mass is 10.1. The Balaban J connectivity index is 1.79. The summed E-state index contributed by atoms with van der Waals surface area (Å²) < 4.78 is 0. The van der Waals surface area contributed by atoms with E-state index in [1.54, 1.807) is 23.1 Å². The summed E-state index contributed by atoms with van der Waals surface area (Å²) in [6.45, 7) is 7.61. The number of carbonyl (C=O) groups is 2. The van der Waals surface area contributed by atoms with Crippen molar-refractivity contribution in [2.75, 3.05) is 29.0 Å². The number of carbonyl (C=O) groups excluding carboxylic acids is 2. The van der Waals surface area contributed by atoms with Crippen molar-refractivity contribution in [3.8, 4) is 0 Å². The summed E-state index contributed by atoms with van der Waals surface area (Å²) in [6.07, 6.45) is 3.40. The van der Waals surface area contributed by atoms with Crippen LogP contribution in [0.25, 0.3) is 0 Å². The largest absolute Gasteiger partial charge is 0.367 e. The summed E-state index contributed by atoms with van der Waals surface area (Å²) in [5, 5.41) is 9.59. The van der Waals surface area contributed by atoms with Gasteiger partial charge < -0.3 is 26.6 Å². The van der Waals surface area contributed by atoms with Crippen LogP contribution in [0.1, 0.15) is 44.0 Å². The Bertz CT molecular complexity index is 961. The minimum Gasteiger partial charge on any atom is -0.367 e. The molecule has 0 bridgehead atoms. The maximum absolute atomic E-state index is 12.4. The molecule has 1 saturated heterocycles. The van der Waals surface area contributed by atoms with Crippen molar-refractivity contribution in [2.24, 2.45) is 11.7 Å². The average molecular weight is 446 g/mol. The molecule has 0 aliphatic carbocycles. The molecule has 1 aromatic carbocycles. The SMILES string of the molecule is CC(C)C(C)Nc1nc(Nc2ccc(Cl)c(NC(=O)N3CCCC3)c2)ncc1C(N)=O. The third kappa shape index (κ3) is 5.75. The molecule has 0 radical (unpaired) electrons. The number of nitrogens with two attached hydrogens (primary N) is 1. The number of amides is 3. The Hall–Kier alpha value is -3.07. The molecule has 0 saturated carbocycles. The van der Waals surface area contributed by atoms with Crippen LogP contribution >= 0.6 is 11.6 Å². The van der Waals surface area contributed by atoms with Gasteiger partial charge in [0.1, 0.15) is 5.82 Å². The Labute approximate surface area is 186 Å². The molecule has 166 valence electrons. The zero-order valence-electron chi connectivity index (χ0n) is 17.9. The van der Waals surface area contributed by atoms with Crippen LogP contribution in [0.4, 0.5) is 27.9 Å². The molecular weight excluding hydrogens is 418 g/mol. The highest BCUT2D eigenvalue weighted by Crippen LogP contribution is 2.28. The molecule has 1 atom stereocenters. The summed E-state index contributed by atoms with van der Waals surface area (Å²) in [5.41, 5.74) is 6.81. The number of hydrogen-bond acceptors (Lipinski definition) is 6. The highest BCUT2D eigenvalue weighted by molar-refractivity contribution is 6.33. The van der Waals surface area contributed by atoms with Crippen LogP contribution in [0.5, 0.6) is 0 Å². The molecule has 3 rings (SSSR count). The van der Waals surface area contributed by atoms with E-state index in [-0.39, 0.29) is 23.6 Å². The van der Waals surface area contributed by atoms with Crippen molar-refractivity contribution in [3.05, 3.63) is 35.0 Å². The Morgan fingerprint density at radius 2 is 1.90 bits per heavy atom.